The summed E-state index contributed by atoms with van der Waals surface area (Å²) in [4.78, 5) is 10.8. The molecular formula is C19H18N2O6. The van der Waals surface area contributed by atoms with Gasteiger partial charge in [-0.2, -0.15) is 5.26 Å². The van der Waals surface area contributed by atoms with Gasteiger partial charge in [-0.25, -0.2) is 0 Å². The second kappa shape index (κ2) is 8.58. The lowest BCUT2D eigenvalue weighted by Gasteiger charge is -2.16. The van der Waals surface area contributed by atoms with Crippen molar-refractivity contribution in [2.45, 2.75) is 0 Å². The molecule has 0 aromatic heterocycles. The predicted octanol–water partition coefficient (Wildman–Crippen LogP) is 3.58. The van der Waals surface area contributed by atoms with E-state index in [9.17, 15) is 15.4 Å². The molecule has 0 amide bonds. The van der Waals surface area contributed by atoms with Crippen molar-refractivity contribution in [3.05, 3.63) is 57.6 Å². The van der Waals surface area contributed by atoms with Crippen LogP contribution in [0.1, 0.15) is 11.1 Å². The highest BCUT2D eigenvalue weighted by atomic mass is 16.6. The van der Waals surface area contributed by atoms with Crippen LogP contribution >= 0.6 is 0 Å². The molecule has 8 nitrogen and oxygen atoms in total. The maximum Gasteiger partial charge on any atom is 0.311 e. The number of nitrogens with zero attached hydrogens (tertiary/aromatic N) is 2. The lowest BCUT2D eigenvalue weighted by atomic mass is 9.96. The Labute approximate surface area is 156 Å². The quantitative estimate of drug-likeness (QED) is 0.417. The topological polar surface area (TPSA) is 104 Å². The number of hydrogen-bond acceptors (Lipinski definition) is 7. The Morgan fingerprint density at radius 1 is 0.963 bits per heavy atom. The number of nitro groups is 1. The number of rotatable bonds is 7. The van der Waals surface area contributed by atoms with Crippen LogP contribution in [0.3, 0.4) is 0 Å². The third-order valence-electron chi connectivity index (χ3n) is 3.87. The minimum atomic E-state index is -0.540. The van der Waals surface area contributed by atoms with Gasteiger partial charge in [-0.15, -0.1) is 0 Å². The van der Waals surface area contributed by atoms with Gasteiger partial charge >= 0.3 is 5.69 Å². The molecule has 0 saturated carbocycles. The molecule has 0 N–H and O–H groups in total. The van der Waals surface area contributed by atoms with Crippen LogP contribution in [0.2, 0.25) is 0 Å². The van der Waals surface area contributed by atoms with Crippen LogP contribution in [0.4, 0.5) is 5.69 Å². The zero-order chi connectivity index (χ0) is 20.0. The molecule has 0 spiro atoms. The molecule has 27 heavy (non-hydrogen) atoms. The van der Waals surface area contributed by atoms with Crippen molar-refractivity contribution in [3.8, 4) is 29.1 Å². The zero-order valence-electron chi connectivity index (χ0n) is 15.3. The van der Waals surface area contributed by atoms with Crippen LogP contribution in [0.25, 0.3) is 5.57 Å². The number of hydrogen-bond donors (Lipinski definition) is 0. The summed E-state index contributed by atoms with van der Waals surface area (Å²) in [6.07, 6.45) is 1.30. The van der Waals surface area contributed by atoms with E-state index in [2.05, 4.69) is 0 Å². The first kappa shape index (κ1) is 19.6. The van der Waals surface area contributed by atoms with Gasteiger partial charge in [-0.3, -0.25) is 10.1 Å². The molecule has 0 radical (unpaired) electrons. The molecule has 2 rings (SSSR count). The van der Waals surface area contributed by atoms with Gasteiger partial charge in [0.1, 0.15) is 0 Å². The molecule has 0 bridgehead atoms. The number of methoxy groups -OCH3 is 4. The number of nitriles is 1. The van der Waals surface area contributed by atoms with Crippen LogP contribution in [-0.2, 0) is 0 Å². The minimum absolute atomic E-state index is 0.130. The van der Waals surface area contributed by atoms with Gasteiger partial charge in [0.15, 0.2) is 17.2 Å². The van der Waals surface area contributed by atoms with Gasteiger partial charge in [0.05, 0.1) is 39.4 Å². The lowest BCUT2D eigenvalue weighted by molar-refractivity contribution is -0.385. The van der Waals surface area contributed by atoms with E-state index in [1.807, 2.05) is 6.07 Å². The molecule has 140 valence electrons. The predicted molar refractivity (Wildman–Crippen MR) is 98.4 cm³/mol. The Kier molecular flexibility index (Phi) is 6.23. The average Bonchev–Trinajstić information content (AvgIpc) is 2.70. The Bertz CT molecular complexity index is 905. The summed E-state index contributed by atoms with van der Waals surface area (Å²) in [5.41, 5.74) is 1.30. The lowest BCUT2D eigenvalue weighted by Crippen LogP contribution is -1.99. The molecule has 0 aliphatic rings. The van der Waals surface area contributed by atoms with Crippen molar-refractivity contribution >= 4 is 11.3 Å². The molecule has 8 heteroatoms. The summed E-state index contributed by atoms with van der Waals surface area (Å²) in [6, 6.07) is 9.78. The molecule has 0 heterocycles. The fourth-order valence-corrected chi connectivity index (χ4v) is 2.63. The van der Waals surface area contributed by atoms with E-state index in [0.717, 1.165) is 0 Å². The van der Waals surface area contributed by atoms with E-state index >= 15 is 0 Å². The van der Waals surface area contributed by atoms with E-state index in [-0.39, 0.29) is 11.4 Å². The molecule has 0 saturated heterocycles. The summed E-state index contributed by atoms with van der Waals surface area (Å²) in [6.45, 7) is 0. The second-order valence-corrected chi connectivity index (χ2v) is 5.24. The highest BCUT2D eigenvalue weighted by Gasteiger charge is 2.20. The molecule has 0 fully saturated rings. The second-order valence-electron chi connectivity index (χ2n) is 5.24. The van der Waals surface area contributed by atoms with Crippen LogP contribution in [0, 0.1) is 21.4 Å². The van der Waals surface area contributed by atoms with E-state index < -0.39 is 4.92 Å². The van der Waals surface area contributed by atoms with Crippen molar-refractivity contribution in [3.63, 3.8) is 0 Å². The van der Waals surface area contributed by atoms with Crippen LogP contribution in [0.15, 0.2) is 36.4 Å². The van der Waals surface area contributed by atoms with Crippen molar-refractivity contribution in [1.82, 2.24) is 0 Å². The fraction of sp³-hybridized carbons (Fsp3) is 0.211. The first-order valence-electron chi connectivity index (χ1n) is 7.73. The maximum absolute atomic E-state index is 11.3. The Hall–Kier alpha value is -3.73. The van der Waals surface area contributed by atoms with Gasteiger partial charge in [-0.05, 0) is 34.9 Å². The number of allylic oxidation sites excluding steroid dienone is 1. The largest absolute Gasteiger partial charge is 0.493 e. The standard InChI is InChI=1S/C19H18N2O6/c1-24-16-6-5-12(9-15(16)21(22)23)14(7-8-20)13-10-17(25-2)19(27-4)18(11-13)26-3/h5-7,9-11H,1-4H3/b14-7-. The summed E-state index contributed by atoms with van der Waals surface area (Å²) >= 11 is 0. The van der Waals surface area contributed by atoms with Crippen molar-refractivity contribution in [2.24, 2.45) is 0 Å². The average molecular weight is 370 g/mol. The monoisotopic (exact) mass is 370 g/mol. The van der Waals surface area contributed by atoms with E-state index in [1.165, 1.54) is 46.6 Å². The summed E-state index contributed by atoms with van der Waals surface area (Å²) in [7, 11) is 5.80. The Morgan fingerprint density at radius 3 is 2.00 bits per heavy atom. The van der Waals surface area contributed by atoms with Gasteiger partial charge in [0.25, 0.3) is 0 Å². The van der Waals surface area contributed by atoms with Gasteiger partial charge in [0.2, 0.25) is 5.75 Å². The Balaban J connectivity index is 2.70. The normalized spacial score (nSPS) is 10.7. The fourth-order valence-electron chi connectivity index (χ4n) is 2.63. The van der Waals surface area contributed by atoms with Crippen molar-refractivity contribution in [2.75, 3.05) is 28.4 Å². The molecule has 2 aromatic carbocycles. The molecule has 0 aliphatic heterocycles. The van der Waals surface area contributed by atoms with Crippen LogP contribution < -0.4 is 18.9 Å². The van der Waals surface area contributed by atoms with E-state index in [0.29, 0.717) is 33.9 Å². The molecule has 2 aromatic rings. The van der Waals surface area contributed by atoms with Crippen LogP contribution in [0.5, 0.6) is 23.0 Å². The zero-order valence-corrected chi connectivity index (χ0v) is 15.3. The third-order valence-corrected chi connectivity index (χ3v) is 3.87. The molecule has 0 atom stereocenters. The van der Waals surface area contributed by atoms with Gasteiger partial charge < -0.3 is 18.9 Å². The number of benzene rings is 2. The first-order valence-corrected chi connectivity index (χ1v) is 7.73. The van der Waals surface area contributed by atoms with Crippen LogP contribution in [-0.4, -0.2) is 33.4 Å². The maximum atomic E-state index is 11.3. The summed E-state index contributed by atoms with van der Waals surface area (Å²) in [5, 5.41) is 20.5. The summed E-state index contributed by atoms with van der Waals surface area (Å²) in [5.74, 6) is 1.34. The number of ether oxygens (including phenoxy) is 4. The summed E-state index contributed by atoms with van der Waals surface area (Å²) < 4.78 is 21.0. The molecular weight excluding hydrogens is 352 g/mol. The van der Waals surface area contributed by atoms with Gasteiger partial charge in [-0.1, -0.05) is 6.07 Å². The minimum Gasteiger partial charge on any atom is -0.493 e. The number of nitro benzene ring substituents is 1. The molecule has 0 aliphatic carbocycles. The van der Waals surface area contributed by atoms with Crippen molar-refractivity contribution < 1.29 is 23.9 Å². The van der Waals surface area contributed by atoms with E-state index in [1.54, 1.807) is 18.2 Å². The highest BCUT2D eigenvalue weighted by molar-refractivity contribution is 5.84. The Morgan fingerprint density at radius 2 is 1.56 bits per heavy atom. The van der Waals surface area contributed by atoms with E-state index in [4.69, 9.17) is 18.9 Å². The highest BCUT2D eigenvalue weighted by Crippen LogP contribution is 2.41. The molecule has 0 unspecified atom stereocenters. The van der Waals surface area contributed by atoms with Gasteiger partial charge in [0, 0.05) is 12.1 Å². The SMILES string of the molecule is COc1ccc(/C(=C/C#N)c2cc(OC)c(OC)c(OC)c2)cc1[N+](=O)[O-]. The third kappa shape index (κ3) is 3.93. The van der Waals surface area contributed by atoms with Crippen molar-refractivity contribution in [1.29, 1.82) is 5.26 Å². The first-order chi connectivity index (χ1) is 13.0. The smallest absolute Gasteiger partial charge is 0.311 e.